The molecule has 0 aliphatic heterocycles. The lowest BCUT2D eigenvalue weighted by Crippen LogP contribution is -1.98. The number of nitrogens with zero attached hydrogens (tertiary/aromatic N) is 5. The first-order valence-corrected chi connectivity index (χ1v) is 50.5. The molecule has 32 aromatic rings. The minimum Gasteiger partial charge on any atom is -0.456 e. The van der Waals surface area contributed by atoms with Crippen molar-refractivity contribution < 1.29 is 13.3 Å². The highest BCUT2D eigenvalue weighted by Crippen LogP contribution is 2.53. The quantitative estimate of drug-likeness (QED) is 0.145. The van der Waals surface area contributed by atoms with Crippen molar-refractivity contribution in [1.29, 1.82) is 0 Å². The lowest BCUT2D eigenvalue weighted by Gasteiger charge is -2.14. The monoisotopic (exact) mass is 1870 g/mol. The summed E-state index contributed by atoms with van der Waals surface area (Å²) in [5.41, 5.74) is 37.0. The second-order valence-electron chi connectivity index (χ2n) is 39.2. The molecule has 8 heterocycles. The Morgan fingerprint density at radius 1 is 0.150 bits per heavy atom. The normalized spacial score (nSPS) is 12.7. The molecule has 0 spiro atoms. The van der Waals surface area contributed by atoms with Crippen LogP contribution in [0.15, 0.2) is 523 Å². The molecule has 1 aliphatic rings. The Kier molecular flexibility index (Phi) is 18.2. The highest BCUT2D eigenvalue weighted by atomic mass is 16.3. The van der Waals surface area contributed by atoms with Crippen molar-refractivity contribution in [1.82, 2.24) is 22.8 Å². The second-order valence-corrected chi connectivity index (χ2v) is 39.2. The van der Waals surface area contributed by atoms with Crippen molar-refractivity contribution in [3.05, 3.63) is 526 Å². The van der Waals surface area contributed by atoms with Gasteiger partial charge in [-0.3, -0.25) is 0 Å². The minimum atomic E-state index is 0.245. The fourth-order valence-corrected chi connectivity index (χ4v) is 24.6. The van der Waals surface area contributed by atoms with Gasteiger partial charge in [-0.1, -0.05) is 315 Å². The van der Waals surface area contributed by atoms with E-state index in [2.05, 4.69) is 514 Å². The Morgan fingerprint density at radius 2 is 0.503 bits per heavy atom. The molecule has 0 saturated heterocycles. The lowest BCUT2D eigenvalue weighted by molar-refractivity contribution is 0.669. The highest BCUT2D eigenvalue weighted by molar-refractivity contribution is 6.29. The summed E-state index contributed by atoms with van der Waals surface area (Å²) < 4.78 is 31.5. The predicted octanol–water partition coefficient (Wildman–Crippen LogP) is 37.9. The Labute approximate surface area is 842 Å². The van der Waals surface area contributed by atoms with Gasteiger partial charge in [-0.05, 0) is 288 Å². The Hall–Kier alpha value is -19.5. The molecule has 33 rings (SSSR count). The van der Waals surface area contributed by atoms with Gasteiger partial charge in [-0.2, -0.15) is 0 Å². The molecule has 1 aliphatic carbocycles. The Bertz CT molecular complexity index is 11100. The van der Waals surface area contributed by atoms with Crippen LogP contribution in [-0.2, 0) is 0 Å². The van der Waals surface area contributed by atoms with Crippen LogP contribution >= 0.6 is 0 Å². The summed E-state index contributed by atoms with van der Waals surface area (Å²) in [5, 5.41) is 26.4. The third-order valence-corrected chi connectivity index (χ3v) is 31.2. The molecule has 8 aromatic heterocycles. The number of benzene rings is 24. The van der Waals surface area contributed by atoms with Crippen LogP contribution < -0.4 is 0 Å². The fraction of sp³-hybridized carbons (Fsp3) is 0.00719. The maximum Gasteiger partial charge on any atom is 0.145 e. The third kappa shape index (κ3) is 12.8. The van der Waals surface area contributed by atoms with Crippen molar-refractivity contribution in [3.8, 4) is 72.9 Å². The number of aromatic nitrogens is 5. The van der Waals surface area contributed by atoms with Gasteiger partial charge in [0.2, 0.25) is 0 Å². The number of fused-ring (bicyclic) bond motifs is 32. The molecule has 0 bridgehead atoms. The zero-order chi connectivity index (χ0) is 96.2. The molecule has 0 N–H and O–H groups in total. The SMILES string of the molecule is c1ccc(-n2c3ccccc3c3cc(-c4ccc5c(c4)c4c6c(ccc4n5-c4ccc5ccccc5c4)oc4ccccc46)ccc32)cc1.c1ccc(-n2c3ccccc3c3cc(-c4ccc5c(c4)c4c6oc7ccccc7c6ccc4n5-c4ccc5ccccc5c4)ccc32)cc1.c1ccc(C2c3ccccc3-c3cc(-c4ccc5c(c4)c4cc6oc7ccccc7c6cc4n5-c4ccc5ccccc5c4)ccc32)cc1. The standard InChI is InChI=1S/C47H29NO.2C46H28N2O/c1-2-11-30(12-3-1)47-37-16-7-6-14-35(37)39-25-32(19-22-38(39)47)33-20-23-43-40(26-33)41-28-46-42(36-15-8-9-17-45(36)49-46)27-44(41)48(43)34-21-18-29-10-4-5-13-31(29)24-34;1-2-12-33(13-3-1)47-40-16-8-6-14-35(40)38-27-31(19-23-41(38)47)32-20-24-42-39(28-32)45-43(25-22-37-36-15-7-9-17-44(36)49-46(37)45)48(42)34-21-18-29-10-4-5-11-30(29)26-34;1-2-12-33(13-3-1)47-39-16-8-6-14-35(39)37-27-31(19-22-40(37)47)32-20-23-41-38(28-32)45-42(24-25-44-46(45)36-15-7-9-17-43(36)49-44)48(41)34-21-18-29-10-4-5-11-30(29)26-34/h1-28,47H;2*1-28H. The van der Waals surface area contributed by atoms with Crippen LogP contribution in [0.4, 0.5) is 0 Å². The maximum absolute atomic E-state index is 6.67. The van der Waals surface area contributed by atoms with Gasteiger partial charge in [-0.15, -0.1) is 0 Å². The van der Waals surface area contributed by atoms with Gasteiger partial charge in [0.05, 0.1) is 60.6 Å². The number of hydrogen-bond donors (Lipinski definition) is 0. The molecule has 8 heteroatoms. The van der Waals surface area contributed by atoms with Crippen LogP contribution in [0.3, 0.4) is 0 Å². The average Bonchev–Trinajstić information content (AvgIpc) is 1.55. The zero-order valence-electron chi connectivity index (χ0n) is 79.5. The topological polar surface area (TPSA) is 64.1 Å². The van der Waals surface area contributed by atoms with Gasteiger partial charge in [0.15, 0.2) is 0 Å². The Morgan fingerprint density at radius 3 is 1.05 bits per heavy atom. The van der Waals surface area contributed by atoms with E-state index in [1.807, 2.05) is 18.2 Å². The van der Waals surface area contributed by atoms with Crippen LogP contribution in [0, 0.1) is 0 Å². The first-order valence-electron chi connectivity index (χ1n) is 50.5. The molecule has 0 saturated carbocycles. The summed E-state index contributed by atoms with van der Waals surface area (Å²) in [7, 11) is 0. The lowest BCUT2D eigenvalue weighted by atomic mass is 9.89. The van der Waals surface area contributed by atoms with Crippen molar-refractivity contribution in [2.24, 2.45) is 0 Å². The van der Waals surface area contributed by atoms with E-state index in [0.717, 1.165) is 99.3 Å². The van der Waals surface area contributed by atoms with Crippen molar-refractivity contribution in [3.63, 3.8) is 0 Å². The van der Waals surface area contributed by atoms with Gasteiger partial charge < -0.3 is 36.1 Å². The van der Waals surface area contributed by atoms with E-state index in [9.17, 15) is 0 Å². The molecule has 8 nitrogen and oxygen atoms in total. The molecule has 0 amide bonds. The predicted molar refractivity (Wildman–Crippen MR) is 615 cm³/mol. The third-order valence-electron chi connectivity index (χ3n) is 31.2. The summed E-state index contributed by atoms with van der Waals surface area (Å²) >= 11 is 0. The van der Waals surface area contributed by atoms with E-state index in [1.54, 1.807) is 0 Å². The van der Waals surface area contributed by atoms with Gasteiger partial charge >= 0.3 is 0 Å². The van der Waals surface area contributed by atoms with Crippen LogP contribution in [0.2, 0.25) is 0 Å². The minimum absolute atomic E-state index is 0.245. The number of furan rings is 3. The Balaban J connectivity index is 0.0000000999. The molecular formula is C139H85N5O3. The molecule has 684 valence electrons. The van der Waals surface area contributed by atoms with Crippen molar-refractivity contribution >= 4 is 207 Å². The molecule has 1 atom stereocenters. The molecule has 1 unspecified atom stereocenters. The first-order chi connectivity index (χ1) is 72.9. The van der Waals surface area contributed by atoms with Crippen molar-refractivity contribution in [2.45, 2.75) is 5.92 Å². The van der Waals surface area contributed by atoms with Gasteiger partial charge in [0.1, 0.15) is 33.5 Å². The number of para-hydroxylation sites is 7. The van der Waals surface area contributed by atoms with Crippen LogP contribution in [-0.4, -0.2) is 22.8 Å². The number of hydrogen-bond acceptors (Lipinski definition) is 3. The van der Waals surface area contributed by atoms with E-state index < -0.39 is 0 Å². The molecule has 147 heavy (non-hydrogen) atoms. The second kappa shape index (κ2) is 32.5. The van der Waals surface area contributed by atoms with Gasteiger partial charge in [0, 0.05) is 115 Å². The highest BCUT2D eigenvalue weighted by Gasteiger charge is 2.32. The summed E-state index contributed by atoms with van der Waals surface area (Å²) in [5.74, 6) is 0.245. The molecule has 24 aromatic carbocycles. The van der Waals surface area contributed by atoms with Crippen LogP contribution in [0.25, 0.3) is 280 Å². The summed E-state index contributed by atoms with van der Waals surface area (Å²) in [4.78, 5) is 0. The fourth-order valence-electron chi connectivity index (χ4n) is 24.6. The van der Waals surface area contributed by atoms with E-state index in [-0.39, 0.29) is 5.92 Å². The van der Waals surface area contributed by atoms with E-state index in [4.69, 9.17) is 13.3 Å². The van der Waals surface area contributed by atoms with Gasteiger partial charge in [-0.25, -0.2) is 0 Å². The molecular weight excluding hydrogens is 1790 g/mol. The summed E-state index contributed by atoms with van der Waals surface area (Å²) in [6, 6.07) is 185. The van der Waals surface area contributed by atoms with E-state index >= 15 is 0 Å². The van der Waals surface area contributed by atoms with E-state index in [1.165, 1.54) is 197 Å². The summed E-state index contributed by atoms with van der Waals surface area (Å²) in [6.07, 6.45) is 0. The van der Waals surface area contributed by atoms with Gasteiger partial charge in [0.25, 0.3) is 0 Å². The van der Waals surface area contributed by atoms with E-state index in [0.29, 0.717) is 0 Å². The average molecular weight is 1870 g/mol. The number of rotatable bonds is 9. The molecule has 0 radical (unpaired) electrons. The largest absolute Gasteiger partial charge is 0.456 e. The van der Waals surface area contributed by atoms with Crippen molar-refractivity contribution in [2.75, 3.05) is 0 Å². The first kappa shape index (κ1) is 82.2. The summed E-state index contributed by atoms with van der Waals surface area (Å²) in [6.45, 7) is 0. The maximum atomic E-state index is 6.67. The smallest absolute Gasteiger partial charge is 0.145 e. The molecule has 0 fully saturated rings. The van der Waals surface area contributed by atoms with Crippen LogP contribution in [0.5, 0.6) is 0 Å². The van der Waals surface area contributed by atoms with Crippen LogP contribution in [0.1, 0.15) is 22.6 Å². The zero-order valence-corrected chi connectivity index (χ0v) is 79.5.